The second kappa shape index (κ2) is 3.21. The number of carbonyl (C=O) groups is 1. The van der Waals surface area contributed by atoms with Crippen LogP contribution < -0.4 is 0 Å². The van der Waals surface area contributed by atoms with Crippen LogP contribution in [0.15, 0.2) is 11.4 Å². The van der Waals surface area contributed by atoms with Crippen molar-refractivity contribution in [3.8, 4) is 6.07 Å². The number of carbonyl (C=O) groups excluding carboxylic acids is 1. The maximum Gasteiger partial charge on any atom is 0.136 e. The van der Waals surface area contributed by atoms with Crippen molar-refractivity contribution in [1.29, 1.82) is 5.26 Å². The predicted molar refractivity (Wildman–Crippen MR) is 55.2 cm³/mol. The van der Waals surface area contributed by atoms with E-state index in [1.54, 1.807) is 11.3 Å². The van der Waals surface area contributed by atoms with Gasteiger partial charge in [-0.2, -0.15) is 5.26 Å². The van der Waals surface area contributed by atoms with E-state index in [-0.39, 0.29) is 5.78 Å². The van der Waals surface area contributed by atoms with Crippen molar-refractivity contribution in [1.82, 2.24) is 0 Å². The van der Waals surface area contributed by atoms with Gasteiger partial charge in [-0.15, -0.1) is 11.3 Å². The molecule has 3 heteroatoms. The number of aryl methyl sites for hydroxylation is 1. The van der Waals surface area contributed by atoms with Gasteiger partial charge in [-0.25, -0.2) is 0 Å². The molecule has 0 spiro atoms. The number of rotatable bonds is 2. The quantitative estimate of drug-likeness (QED) is 0.744. The summed E-state index contributed by atoms with van der Waals surface area (Å²) < 4.78 is 0. The Morgan fingerprint density at radius 2 is 2.36 bits per heavy atom. The molecule has 1 fully saturated rings. The van der Waals surface area contributed by atoms with Crippen LogP contribution in [-0.2, 0) is 16.6 Å². The van der Waals surface area contributed by atoms with Crippen LogP contribution in [0.3, 0.4) is 0 Å². The normalized spacial score (nSPS) is 18.7. The first-order valence-corrected chi connectivity index (χ1v) is 5.59. The van der Waals surface area contributed by atoms with Crippen LogP contribution in [0.25, 0.3) is 0 Å². The number of nitrogens with zero attached hydrogens (tertiary/aromatic N) is 1. The van der Waals surface area contributed by atoms with Crippen LogP contribution in [0.1, 0.15) is 30.2 Å². The van der Waals surface area contributed by atoms with Crippen LogP contribution in [0.5, 0.6) is 0 Å². The van der Waals surface area contributed by atoms with Crippen molar-refractivity contribution in [2.24, 2.45) is 0 Å². The highest BCUT2D eigenvalue weighted by Crippen LogP contribution is 2.44. The summed E-state index contributed by atoms with van der Waals surface area (Å²) in [5, 5.41) is 11.2. The summed E-state index contributed by atoms with van der Waals surface area (Å²) in [5.74, 6) is 0.210. The van der Waals surface area contributed by atoms with Gasteiger partial charge in [0, 0.05) is 17.7 Å². The Hall–Kier alpha value is -1.14. The summed E-state index contributed by atoms with van der Waals surface area (Å²) in [6.07, 6.45) is 1.77. The van der Waals surface area contributed by atoms with Crippen LogP contribution in [0, 0.1) is 11.3 Å². The lowest BCUT2D eigenvalue weighted by atomic mass is 9.67. The smallest absolute Gasteiger partial charge is 0.136 e. The van der Waals surface area contributed by atoms with Gasteiger partial charge in [-0.1, -0.05) is 6.92 Å². The number of nitriles is 1. The van der Waals surface area contributed by atoms with E-state index in [0.29, 0.717) is 12.8 Å². The van der Waals surface area contributed by atoms with Crippen LogP contribution in [-0.4, -0.2) is 5.78 Å². The fourth-order valence-corrected chi connectivity index (χ4v) is 3.09. The fraction of sp³-hybridized carbons (Fsp3) is 0.455. The van der Waals surface area contributed by atoms with E-state index in [1.165, 1.54) is 5.56 Å². The Morgan fingerprint density at radius 3 is 2.86 bits per heavy atom. The lowest BCUT2D eigenvalue weighted by Gasteiger charge is -2.33. The minimum Gasteiger partial charge on any atom is -0.300 e. The number of Topliss-reactive ketones (excluding diaryl/α,β-unsaturated/α-hetero) is 1. The average molecular weight is 205 g/mol. The lowest BCUT2D eigenvalue weighted by molar-refractivity contribution is -0.126. The molecule has 0 atom stereocenters. The zero-order valence-electron chi connectivity index (χ0n) is 8.04. The molecule has 0 bridgehead atoms. The van der Waals surface area contributed by atoms with Gasteiger partial charge in [0.1, 0.15) is 11.2 Å². The maximum atomic E-state index is 11.0. The van der Waals surface area contributed by atoms with Crippen molar-refractivity contribution in [3.05, 3.63) is 21.9 Å². The standard InChI is InChI=1S/C11H11NOS/c1-2-8-3-4-14-10(8)11(7-12)5-9(13)6-11/h3-4H,2,5-6H2,1H3. The second-order valence-corrected chi connectivity index (χ2v) is 4.63. The zero-order chi connectivity index (χ0) is 10.2. The summed E-state index contributed by atoms with van der Waals surface area (Å²) in [5.41, 5.74) is 0.750. The number of thiophene rings is 1. The Morgan fingerprint density at radius 1 is 1.64 bits per heavy atom. The summed E-state index contributed by atoms with van der Waals surface area (Å²) >= 11 is 1.61. The Labute approximate surface area is 87.2 Å². The third kappa shape index (κ3) is 1.18. The van der Waals surface area contributed by atoms with Crippen molar-refractivity contribution >= 4 is 17.1 Å². The average Bonchev–Trinajstić information content (AvgIpc) is 2.60. The van der Waals surface area contributed by atoms with Crippen molar-refractivity contribution < 1.29 is 4.79 Å². The third-order valence-electron chi connectivity index (χ3n) is 2.77. The maximum absolute atomic E-state index is 11.0. The van der Waals surface area contributed by atoms with Gasteiger partial charge in [-0.05, 0) is 23.4 Å². The molecule has 1 heterocycles. The van der Waals surface area contributed by atoms with Crippen LogP contribution >= 0.6 is 11.3 Å². The minimum absolute atomic E-state index is 0.210. The molecule has 0 amide bonds. The lowest BCUT2D eigenvalue weighted by Crippen LogP contribution is -2.40. The topological polar surface area (TPSA) is 40.9 Å². The van der Waals surface area contributed by atoms with E-state index in [4.69, 9.17) is 5.26 Å². The number of ketones is 1. The Kier molecular flexibility index (Phi) is 2.16. The van der Waals surface area contributed by atoms with Crippen molar-refractivity contribution in [2.75, 3.05) is 0 Å². The summed E-state index contributed by atoms with van der Waals surface area (Å²) in [6, 6.07) is 4.37. The molecule has 1 aromatic heterocycles. The third-order valence-corrected chi connectivity index (χ3v) is 3.94. The van der Waals surface area contributed by atoms with Crippen molar-refractivity contribution in [2.45, 2.75) is 31.6 Å². The molecule has 1 aliphatic carbocycles. The molecule has 0 unspecified atom stereocenters. The first-order chi connectivity index (χ1) is 6.72. The molecule has 0 saturated heterocycles. The molecule has 1 aliphatic rings. The number of hydrogen-bond donors (Lipinski definition) is 0. The summed E-state index contributed by atoms with van der Waals surface area (Å²) in [7, 11) is 0. The van der Waals surface area contributed by atoms with Gasteiger partial charge in [0.25, 0.3) is 0 Å². The van der Waals surface area contributed by atoms with E-state index in [1.807, 2.05) is 5.38 Å². The number of hydrogen-bond acceptors (Lipinski definition) is 3. The fourth-order valence-electron chi connectivity index (χ4n) is 1.95. The van der Waals surface area contributed by atoms with Gasteiger partial charge < -0.3 is 0 Å². The van der Waals surface area contributed by atoms with Gasteiger partial charge >= 0.3 is 0 Å². The predicted octanol–water partition coefficient (Wildman–Crippen LogP) is 2.43. The molecule has 1 aromatic rings. The molecule has 72 valence electrons. The SMILES string of the molecule is CCc1ccsc1C1(C#N)CC(=O)C1. The molecule has 0 aliphatic heterocycles. The minimum atomic E-state index is -0.476. The molecule has 0 aromatic carbocycles. The van der Waals surface area contributed by atoms with E-state index in [2.05, 4.69) is 19.1 Å². The molecule has 2 nitrogen and oxygen atoms in total. The molecular weight excluding hydrogens is 194 g/mol. The highest BCUT2D eigenvalue weighted by molar-refractivity contribution is 7.10. The van der Waals surface area contributed by atoms with E-state index in [0.717, 1.165) is 11.3 Å². The molecular formula is C11H11NOS. The zero-order valence-corrected chi connectivity index (χ0v) is 8.86. The monoisotopic (exact) mass is 205 g/mol. The summed E-state index contributed by atoms with van der Waals surface area (Å²) in [6.45, 7) is 2.08. The largest absolute Gasteiger partial charge is 0.300 e. The molecule has 2 rings (SSSR count). The first kappa shape index (κ1) is 9.42. The first-order valence-electron chi connectivity index (χ1n) is 4.71. The van der Waals surface area contributed by atoms with Crippen molar-refractivity contribution in [3.63, 3.8) is 0 Å². The highest BCUT2D eigenvalue weighted by atomic mass is 32.1. The van der Waals surface area contributed by atoms with Gasteiger partial charge in [0.2, 0.25) is 0 Å². The highest BCUT2D eigenvalue weighted by Gasteiger charge is 2.47. The van der Waals surface area contributed by atoms with E-state index >= 15 is 0 Å². The molecule has 0 N–H and O–H groups in total. The van der Waals surface area contributed by atoms with E-state index < -0.39 is 5.41 Å². The second-order valence-electron chi connectivity index (χ2n) is 3.71. The molecule has 1 saturated carbocycles. The molecule has 14 heavy (non-hydrogen) atoms. The summed E-state index contributed by atoms with van der Waals surface area (Å²) in [4.78, 5) is 12.1. The van der Waals surface area contributed by atoms with E-state index in [9.17, 15) is 4.79 Å². The molecule has 0 radical (unpaired) electrons. The van der Waals surface area contributed by atoms with Gasteiger partial charge in [0.05, 0.1) is 6.07 Å². The van der Waals surface area contributed by atoms with Crippen LogP contribution in [0.4, 0.5) is 0 Å². The van der Waals surface area contributed by atoms with Crippen LogP contribution in [0.2, 0.25) is 0 Å². The van der Waals surface area contributed by atoms with Gasteiger partial charge in [-0.3, -0.25) is 4.79 Å². The Bertz CT molecular complexity index is 405. The Balaban J connectivity index is 2.39. The van der Waals surface area contributed by atoms with Gasteiger partial charge in [0.15, 0.2) is 0 Å².